The van der Waals surface area contributed by atoms with E-state index >= 15 is 0 Å². The number of nitrogens with two attached hydrogens (primary N) is 1. The lowest BCUT2D eigenvalue weighted by molar-refractivity contribution is -0.142. The number of hydrogen-bond acceptors (Lipinski definition) is 6. The topological polar surface area (TPSA) is 151 Å². The van der Waals surface area contributed by atoms with E-state index in [1.54, 1.807) is 6.92 Å². The number of carboxylic acid groups (broad SMARTS) is 1. The smallest absolute Gasteiger partial charge is 0.326 e. The van der Waals surface area contributed by atoms with Crippen molar-refractivity contribution in [1.29, 1.82) is 0 Å². The van der Waals surface area contributed by atoms with Crippen molar-refractivity contribution in [2.45, 2.75) is 51.2 Å². The molecule has 6 N–H and O–H groups in total. The van der Waals surface area contributed by atoms with Crippen molar-refractivity contribution in [2.75, 3.05) is 18.6 Å². The van der Waals surface area contributed by atoms with E-state index in [4.69, 9.17) is 5.73 Å². The van der Waals surface area contributed by atoms with Gasteiger partial charge in [0.05, 0.1) is 6.54 Å². The monoisotopic (exact) mass is 466 g/mol. The molecule has 0 aliphatic carbocycles. The van der Waals surface area contributed by atoms with Crippen molar-refractivity contribution in [3.63, 3.8) is 0 Å². The summed E-state index contributed by atoms with van der Waals surface area (Å²) in [6.45, 7) is 3.40. The van der Waals surface area contributed by atoms with E-state index < -0.39 is 41.8 Å². The van der Waals surface area contributed by atoms with Crippen LogP contribution in [0.1, 0.15) is 32.3 Å². The van der Waals surface area contributed by atoms with Crippen LogP contribution in [0.15, 0.2) is 30.3 Å². The molecule has 4 unspecified atom stereocenters. The molecule has 3 amide bonds. The number of benzene rings is 1. The van der Waals surface area contributed by atoms with E-state index in [1.807, 2.05) is 43.5 Å². The number of amides is 3. The van der Waals surface area contributed by atoms with Gasteiger partial charge in [-0.3, -0.25) is 14.4 Å². The lowest BCUT2D eigenvalue weighted by Crippen LogP contribution is -2.58. The molecule has 0 fully saturated rings. The Balaban J connectivity index is 3.01. The summed E-state index contributed by atoms with van der Waals surface area (Å²) in [7, 11) is 0. The SMILES string of the molecule is CCC(C)C(NC(=O)C(Cc1ccccc1)NC(=O)CN)C(=O)NC(CCSC)C(=O)O. The molecule has 0 bridgehead atoms. The zero-order valence-electron chi connectivity index (χ0n) is 18.8. The van der Waals surface area contributed by atoms with Crippen molar-refractivity contribution in [3.05, 3.63) is 35.9 Å². The van der Waals surface area contributed by atoms with Crippen LogP contribution >= 0.6 is 11.8 Å². The van der Waals surface area contributed by atoms with Crippen LogP contribution in [0.25, 0.3) is 0 Å². The molecule has 0 saturated carbocycles. The molecule has 0 aliphatic rings. The van der Waals surface area contributed by atoms with Crippen molar-refractivity contribution < 1.29 is 24.3 Å². The molecule has 0 heterocycles. The summed E-state index contributed by atoms with van der Waals surface area (Å²) in [5.41, 5.74) is 6.22. The summed E-state index contributed by atoms with van der Waals surface area (Å²) >= 11 is 1.48. The van der Waals surface area contributed by atoms with Crippen molar-refractivity contribution >= 4 is 35.5 Å². The van der Waals surface area contributed by atoms with Crippen LogP contribution in [0.4, 0.5) is 0 Å². The molecular formula is C22H34N4O5S. The highest BCUT2D eigenvalue weighted by atomic mass is 32.2. The maximum atomic E-state index is 13.1. The van der Waals surface area contributed by atoms with Gasteiger partial charge in [0, 0.05) is 6.42 Å². The maximum absolute atomic E-state index is 13.1. The van der Waals surface area contributed by atoms with E-state index in [2.05, 4.69) is 16.0 Å². The fourth-order valence-corrected chi connectivity index (χ4v) is 3.49. The average Bonchev–Trinajstić information content (AvgIpc) is 2.79. The van der Waals surface area contributed by atoms with Crippen LogP contribution in [-0.4, -0.2) is 65.5 Å². The van der Waals surface area contributed by atoms with Crippen LogP contribution < -0.4 is 21.7 Å². The Morgan fingerprint density at radius 2 is 1.69 bits per heavy atom. The van der Waals surface area contributed by atoms with Gasteiger partial charge in [0.2, 0.25) is 17.7 Å². The van der Waals surface area contributed by atoms with E-state index in [0.29, 0.717) is 12.2 Å². The second-order valence-electron chi connectivity index (χ2n) is 7.57. The molecule has 1 aromatic carbocycles. The fraction of sp³-hybridized carbons (Fsp3) is 0.545. The zero-order valence-corrected chi connectivity index (χ0v) is 19.6. The summed E-state index contributed by atoms with van der Waals surface area (Å²) in [5, 5.41) is 17.3. The minimum Gasteiger partial charge on any atom is -0.480 e. The first-order valence-corrected chi connectivity index (χ1v) is 12.0. The number of carbonyl (C=O) groups is 4. The molecule has 0 saturated heterocycles. The number of nitrogens with one attached hydrogen (secondary N) is 3. The quantitative estimate of drug-likeness (QED) is 0.268. The highest BCUT2D eigenvalue weighted by Crippen LogP contribution is 2.11. The first-order valence-electron chi connectivity index (χ1n) is 10.6. The molecule has 4 atom stereocenters. The number of carbonyl (C=O) groups excluding carboxylic acids is 3. The van der Waals surface area contributed by atoms with Gasteiger partial charge in [-0.2, -0.15) is 11.8 Å². The molecule has 9 nitrogen and oxygen atoms in total. The van der Waals surface area contributed by atoms with Gasteiger partial charge in [-0.25, -0.2) is 4.79 Å². The Hall–Kier alpha value is -2.59. The third kappa shape index (κ3) is 9.27. The van der Waals surface area contributed by atoms with Gasteiger partial charge >= 0.3 is 5.97 Å². The van der Waals surface area contributed by atoms with E-state index in [9.17, 15) is 24.3 Å². The minimum absolute atomic E-state index is 0.221. The Morgan fingerprint density at radius 3 is 2.22 bits per heavy atom. The Morgan fingerprint density at radius 1 is 1.03 bits per heavy atom. The molecule has 178 valence electrons. The van der Waals surface area contributed by atoms with Gasteiger partial charge in [0.15, 0.2) is 0 Å². The van der Waals surface area contributed by atoms with E-state index in [0.717, 1.165) is 5.56 Å². The summed E-state index contributed by atoms with van der Waals surface area (Å²) in [6, 6.07) is 6.23. The number of hydrogen-bond donors (Lipinski definition) is 5. The molecule has 32 heavy (non-hydrogen) atoms. The molecule has 0 aliphatic heterocycles. The highest BCUT2D eigenvalue weighted by Gasteiger charge is 2.32. The predicted molar refractivity (Wildman–Crippen MR) is 125 cm³/mol. The molecule has 10 heteroatoms. The van der Waals surface area contributed by atoms with Gasteiger partial charge in [0.25, 0.3) is 0 Å². The summed E-state index contributed by atoms with van der Waals surface area (Å²) in [5.74, 6) is -2.40. The van der Waals surface area contributed by atoms with Crippen LogP contribution in [0.3, 0.4) is 0 Å². The maximum Gasteiger partial charge on any atom is 0.326 e. The fourth-order valence-electron chi connectivity index (χ4n) is 3.02. The molecular weight excluding hydrogens is 432 g/mol. The molecule has 0 aromatic heterocycles. The third-order valence-electron chi connectivity index (χ3n) is 5.14. The standard InChI is InChI=1S/C22H34N4O5S/c1-4-14(2)19(21(29)25-16(22(30)31)10-11-32-3)26-20(28)17(24-18(27)13-23)12-15-8-6-5-7-9-15/h5-9,14,16-17,19H,4,10-13,23H2,1-3H3,(H,24,27)(H,25,29)(H,26,28)(H,30,31). The minimum atomic E-state index is -1.13. The summed E-state index contributed by atoms with van der Waals surface area (Å²) in [6.07, 6.45) is 2.93. The Kier molecular flexibility index (Phi) is 12.4. The van der Waals surface area contributed by atoms with E-state index in [1.165, 1.54) is 11.8 Å². The van der Waals surface area contributed by atoms with Gasteiger partial charge in [-0.05, 0) is 29.9 Å². The third-order valence-corrected chi connectivity index (χ3v) is 5.78. The second kappa shape index (κ2) is 14.5. The number of thioether (sulfide) groups is 1. The summed E-state index contributed by atoms with van der Waals surface area (Å²) in [4.78, 5) is 49.4. The van der Waals surface area contributed by atoms with Crippen LogP contribution in [0, 0.1) is 5.92 Å². The number of carboxylic acids is 1. The van der Waals surface area contributed by atoms with Gasteiger partial charge in [-0.15, -0.1) is 0 Å². The average molecular weight is 467 g/mol. The van der Waals surface area contributed by atoms with Gasteiger partial charge < -0.3 is 26.8 Å². The first kappa shape index (κ1) is 27.4. The zero-order chi connectivity index (χ0) is 24.1. The van der Waals surface area contributed by atoms with Crippen molar-refractivity contribution in [2.24, 2.45) is 11.7 Å². The highest BCUT2D eigenvalue weighted by molar-refractivity contribution is 7.98. The van der Waals surface area contributed by atoms with Gasteiger partial charge in [0.1, 0.15) is 18.1 Å². The number of rotatable bonds is 14. The van der Waals surface area contributed by atoms with Crippen LogP contribution in [-0.2, 0) is 25.6 Å². The Labute approximate surface area is 193 Å². The lowest BCUT2D eigenvalue weighted by Gasteiger charge is -2.27. The molecule has 1 rings (SSSR count). The Bertz CT molecular complexity index is 762. The molecule has 0 spiro atoms. The van der Waals surface area contributed by atoms with Crippen molar-refractivity contribution in [3.8, 4) is 0 Å². The van der Waals surface area contributed by atoms with Crippen molar-refractivity contribution in [1.82, 2.24) is 16.0 Å². The first-order chi connectivity index (χ1) is 15.2. The summed E-state index contributed by atoms with van der Waals surface area (Å²) < 4.78 is 0. The second-order valence-corrected chi connectivity index (χ2v) is 8.55. The predicted octanol–water partition coefficient (Wildman–Crippen LogP) is 0.526. The van der Waals surface area contributed by atoms with E-state index in [-0.39, 0.29) is 25.3 Å². The van der Waals surface area contributed by atoms with Crippen LogP contribution in [0.5, 0.6) is 0 Å². The lowest BCUT2D eigenvalue weighted by atomic mass is 9.96. The molecule has 1 aromatic rings. The molecule has 0 radical (unpaired) electrons. The van der Waals surface area contributed by atoms with Gasteiger partial charge in [-0.1, -0.05) is 50.6 Å². The largest absolute Gasteiger partial charge is 0.480 e. The van der Waals surface area contributed by atoms with Crippen LogP contribution in [0.2, 0.25) is 0 Å². The number of aliphatic carboxylic acids is 1. The normalized spacial score (nSPS) is 14.5.